The van der Waals surface area contributed by atoms with Gasteiger partial charge in [-0.2, -0.15) is 0 Å². The Hall–Kier alpha value is -1.95. The third kappa shape index (κ3) is 2.33. The van der Waals surface area contributed by atoms with Gasteiger partial charge >= 0.3 is 5.97 Å². The van der Waals surface area contributed by atoms with Crippen molar-refractivity contribution in [3.63, 3.8) is 0 Å². The van der Waals surface area contributed by atoms with Gasteiger partial charge in [-0.15, -0.1) is 0 Å². The molecular formula is C12H12N2O3S. The highest BCUT2D eigenvalue weighted by Gasteiger charge is 2.38. The molecule has 0 saturated carbocycles. The number of esters is 1. The second-order valence-electron chi connectivity index (χ2n) is 3.80. The first-order valence-corrected chi connectivity index (χ1v) is 5.80. The van der Waals surface area contributed by atoms with Crippen molar-refractivity contribution < 1.29 is 14.3 Å². The van der Waals surface area contributed by atoms with E-state index in [2.05, 4.69) is 10.1 Å². The van der Waals surface area contributed by atoms with E-state index < -0.39 is 12.0 Å². The smallest absolute Gasteiger partial charge is 0.308 e. The highest BCUT2D eigenvalue weighted by atomic mass is 32.1. The summed E-state index contributed by atoms with van der Waals surface area (Å²) in [6, 6.07) is 8.57. The summed E-state index contributed by atoms with van der Waals surface area (Å²) in [6.45, 7) is 0. The Morgan fingerprint density at radius 1 is 1.44 bits per heavy atom. The Morgan fingerprint density at radius 2 is 2.11 bits per heavy atom. The highest BCUT2D eigenvalue weighted by molar-refractivity contribution is 7.80. The average molecular weight is 264 g/mol. The quantitative estimate of drug-likeness (QED) is 0.647. The van der Waals surface area contributed by atoms with E-state index in [1.54, 1.807) is 4.90 Å². The summed E-state index contributed by atoms with van der Waals surface area (Å²) >= 11 is 5.11. The number of hydrogen-bond donors (Lipinski definition) is 1. The zero-order valence-electron chi connectivity index (χ0n) is 9.75. The third-order valence-electron chi connectivity index (χ3n) is 2.69. The van der Waals surface area contributed by atoms with Crippen molar-refractivity contribution >= 4 is 34.9 Å². The predicted octanol–water partition coefficient (Wildman–Crippen LogP) is 0.839. The van der Waals surface area contributed by atoms with E-state index in [4.69, 9.17) is 12.2 Å². The van der Waals surface area contributed by atoms with Gasteiger partial charge in [0, 0.05) is 5.69 Å². The molecule has 18 heavy (non-hydrogen) atoms. The molecule has 94 valence electrons. The number of carbonyl (C=O) groups excluding carboxylic acids is 2. The summed E-state index contributed by atoms with van der Waals surface area (Å²) in [5.41, 5.74) is 0.773. The average Bonchev–Trinajstić information content (AvgIpc) is 2.65. The van der Waals surface area contributed by atoms with E-state index >= 15 is 0 Å². The molecule has 1 heterocycles. The van der Waals surface area contributed by atoms with Gasteiger partial charge in [0.25, 0.3) is 0 Å². The van der Waals surface area contributed by atoms with Crippen molar-refractivity contribution in [2.45, 2.75) is 12.5 Å². The van der Waals surface area contributed by atoms with E-state index in [1.165, 1.54) is 7.11 Å². The van der Waals surface area contributed by atoms with E-state index in [9.17, 15) is 9.59 Å². The van der Waals surface area contributed by atoms with Crippen LogP contribution in [-0.2, 0) is 14.3 Å². The molecule has 1 unspecified atom stereocenters. The molecule has 0 aliphatic carbocycles. The molecule has 1 aromatic carbocycles. The molecule has 1 saturated heterocycles. The van der Waals surface area contributed by atoms with E-state index in [0.29, 0.717) is 5.11 Å². The minimum Gasteiger partial charge on any atom is -0.469 e. The molecule has 0 radical (unpaired) electrons. The zero-order chi connectivity index (χ0) is 13.1. The first-order chi connectivity index (χ1) is 8.63. The molecule has 1 aliphatic heterocycles. The predicted molar refractivity (Wildman–Crippen MR) is 70.1 cm³/mol. The molecule has 1 aliphatic rings. The maximum atomic E-state index is 11.8. The Kier molecular flexibility index (Phi) is 3.57. The number of nitrogens with zero attached hydrogens (tertiary/aromatic N) is 1. The lowest BCUT2D eigenvalue weighted by Gasteiger charge is -2.22. The number of para-hydroxylation sites is 1. The van der Waals surface area contributed by atoms with Crippen molar-refractivity contribution in [3.8, 4) is 0 Å². The SMILES string of the molecule is COC(=O)CC1C(=O)NC(=S)N1c1ccccc1. The lowest BCUT2D eigenvalue weighted by atomic mass is 10.1. The standard InChI is InChI=1S/C12H12N2O3S/c1-17-10(15)7-9-11(16)13-12(18)14(9)8-5-3-2-4-6-8/h2-6,9H,7H2,1H3,(H,13,16,18). The Labute approximate surface area is 110 Å². The maximum Gasteiger partial charge on any atom is 0.308 e. The number of methoxy groups -OCH3 is 1. The molecule has 1 atom stereocenters. The van der Waals surface area contributed by atoms with Gasteiger partial charge in [0.05, 0.1) is 13.5 Å². The third-order valence-corrected chi connectivity index (χ3v) is 2.98. The molecule has 0 spiro atoms. The van der Waals surface area contributed by atoms with Crippen molar-refractivity contribution in [1.29, 1.82) is 0 Å². The Bertz CT molecular complexity index is 489. The summed E-state index contributed by atoms with van der Waals surface area (Å²) in [5.74, 6) is -0.727. The summed E-state index contributed by atoms with van der Waals surface area (Å²) in [4.78, 5) is 24.7. The van der Waals surface area contributed by atoms with Crippen LogP contribution in [0.5, 0.6) is 0 Å². The molecule has 2 rings (SSSR count). The number of anilines is 1. The zero-order valence-corrected chi connectivity index (χ0v) is 10.6. The molecule has 0 aromatic heterocycles. The monoisotopic (exact) mass is 264 g/mol. The Balaban J connectivity index is 2.28. The lowest BCUT2D eigenvalue weighted by molar-refractivity contribution is -0.142. The van der Waals surface area contributed by atoms with Crippen molar-refractivity contribution in [2.75, 3.05) is 12.0 Å². The van der Waals surface area contributed by atoms with Crippen LogP contribution >= 0.6 is 12.2 Å². The fourth-order valence-electron chi connectivity index (χ4n) is 1.82. The van der Waals surface area contributed by atoms with Crippen LogP contribution < -0.4 is 10.2 Å². The Morgan fingerprint density at radius 3 is 2.72 bits per heavy atom. The topological polar surface area (TPSA) is 58.6 Å². The first-order valence-electron chi connectivity index (χ1n) is 5.39. The summed E-state index contributed by atoms with van der Waals surface area (Å²) < 4.78 is 4.59. The second-order valence-corrected chi connectivity index (χ2v) is 4.18. The van der Waals surface area contributed by atoms with Crippen molar-refractivity contribution in [3.05, 3.63) is 30.3 Å². The molecular weight excluding hydrogens is 252 g/mol. The molecule has 1 amide bonds. The van der Waals surface area contributed by atoms with Crippen LogP contribution in [0.1, 0.15) is 6.42 Å². The first kappa shape index (κ1) is 12.5. The van der Waals surface area contributed by atoms with E-state index in [0.717, 1.165) is 5.69 Å². The van der Waals surface area contributed by atoms with E-state index in [-0.39, 0.29) is 12.3 Å². The second kappa shape index (κ2) is 5.14. The van der Waals surface area contributed by atoms with Gasteiger partial charge in [-0.3, -0.25) is 9.59 Å². The fraction of sp³-hybridized carbons (Fsp3) is 0.250. The van der Waals surface area contributed by atoms with Gasteiger partial charge < -0.3 is 15.0 Å². The van der Waals surface area contributed by atoms with Gasteiger partial charge in [-0.1, -0.05) is 18.2 Å². The van der Waals surface area contributed by atoms with Crippen LogP contribution in [-0.4, -0.2) is 30.1 Å². The fourth-order valence-corrected chi connectivity index (χ4v) is 2.15. The van der Waals surface area contributed by atoms with Crippen LogP contribution in [0.4, 0.5) is 5.69 Å². The number of amides is 1. The van der Waals surface area contributed by atoms with Gasteiger partial charge in [-0.05, 0) is 24.4 Å². The van der Waals surface area contributed by atoms with Gasteiger partial charge in [-0.25, -0.2) is 0 Å². The number of ether oxygens (including phenoxy) is 1. The van der Waals surface area contributed by atoms with Gasteiger partial charge in [0.2, 0.25) is 5.91 Å². The summed E-state index contributed by atoms with van der Waals surface area (Å²) in [7, 11) is 1.29. The number of carbonyl (C=O) groups is 2. The minimum atomic E-state index is -0.646. The minimum absolute atomic E-state index is 0.0304. The van der Waals surface area contributed by atoms with Crippen LogP contribution in [0.25, 0.3) is 0 Å². The number of thiocarbonyl (C=S) groups is 1. The maximum absolute atomic E-state index is 11.8. The van der Waals surface area contributed by atoms with Gasteiger partial charge in [0.1, 0.15) is 6.04 Å². The normalized spacial score (nSPS) is 18.7. The largest absolute Gasteiger partial charge is 0.469 e. The number of nitrogens with one attached hydrogen (secondary N) is 1. The lowest BCUT2D eigenvalue weighted by Crippen LogP contribution is -2.37. The van der Waals surface area contributed by atoms with Crippen molar-refractivity contribution in [1.82, 2.24) is 5.32 Å². The van der Waals surface area contributed by atoms with Crippen LogP contribution in [0.15, 0.2) is 30.3 Å². The highest BCUT2D eigenvalue weighted by Crippen LogP contribution is 2.22. The molecule has 0 bridgehead atoms. The molecule has 1 fully saturated rings. The van der Waals surface area contributed by atoms with Crippen LogP contribution in [0.3, 0.4) is 0 Å². The summed E-state index contributed by atoms with van der Waals surface area (Å²) in [6.07, 6.45) is -0.0304. The summed E-state index contributed by atoms with van der Waals surface area (Å²) in [5, 5.41) is 2.86. The molecule has 5 nitrogen and oxygen atoms in total. The number of hydrogen-bond acceptors (Lipinski definition) is 4. The number of rotatable bonds is 3. The molecule has 1 aromatic rings. The van der Waals surface area contributed by atoms with Crippen LogP contribution in [0, 0.1) is 0 Å². The van der Waals surface area contributed by atoms with Gasteiger partial charge in [0.15, 0.2) is 5.11 Å². The van der Waals surface area contributed by atoms with Crippen molar-refractivity contribution in [2.24, 2.45) is 0 Å². The van der Waals surface area contributed by atoms with E-state index in [1.807, 2.05) is 30.3 Å². The molecule has 1 N–H and O–H groups in total. The number of benzene rings is 1. The van der Waals surface area contributed by atoms with Crippen LogP contribution in [0.2, 0.25) is 0 Å². The molecule has 6 heteroatoms.